The van der Waals surface area contributed by atoms with E-state index >= 15 is 0 Å². The Morgan fingerprint density at radius 2 is 1.57 bits per heavy atom. The number of hydrogen-bond donors (Lipinski definition) is 5. The second kappa shape index (κ2) is 7.91. The van der Waals surface area contributed by atoms with E-state index in [1.807, 2.05) is 0 Å². The molecule has 3 rings (SSSR count). The number of benzene rings is 2. The Morgan fingerprint density at radius 3 is 2.17 bits per heavy atom. The van der Waals surface area contributed by atoms with Gasteiger partial charge in [0.2, 0.25) is 11.5 Å². The summed E-state index contributed by atoms with van der Waals surface area (Å²) in [5.74, 6) is -3.78. The predicted molar refractivity (Wildman–Crippen MR) is 114 cm³/mol. The molecule has 1 aliphatic rings. The molecule has 0 amide bonds. The summed E-state index contributed by atoms with van der Waals surface area (Å²) >= 11 is 6.07. The summed E-state index contributed by atoms with van der Waals surface area (Å²) in [6, 6.07) is 7.62. The molecule has 2 aromatic carbocycles. The molecule has 0 aromatic heterocycles. The summed E-state index contributed by atoms with van der Waals surface area (Å²) < 4.78 is 33.5. The van der Waals surface area contributed by atoms with Gasteiger partial charge in [0.05, 0.1) is 8.96 Å². The van der Waals surface area contributed by atoms with Crippen LogP contribution in [-0.4, -0.2) is 39.2 Å². The van der Waals surface area contributed by atoms with Crippen LogP contribution in [0, 0.1) is 0 Å². The number of hydrogen-bond acceptors (Lipinski definition) is 7. The molecular formula is C19H12Br2O8S. The fourth-order valence-corrected chi connectivity index (χ4v) is 4.44. The normalized spacial score (nSPS) is 16.5. The summed E-state index contributed by atoms with van der Waals surface area (Å²) in [4.78, 5) is 12.2. The van der Waals surface area contributed by atoms with Gasteiger partial charge in [0.25, 0.3) is 10.1 Å². The minimum absolute atomic E-state index is 0.0360. The number of halogens is 2. The highest BCUT2D eigenvalue weighted by Gasteiger charge is 2.30. The van der Waals surface area contributed by atoms with Crippen LogP contribution in [0.4, 0.5) is 0 Å². The van der Waals surface area contributed by atoms with Crippen molar-refractivity contribution in [1.82, 2.24) is 0 Å². The third-order valence-electron chi connectivity index (χ3n) is 4.22. The van der Waals surface area contributed by atoms with Crippen molar-refractivity contribution in [3.8, 4) is 11.5 Å². The third kappa shape index (κ3) is 3.88. The van der Waals surface area contributed by atoms with E-state index in [2.05, 4.69) is 31.9 Å². The van der Waals surface area contributed by atoms with Crippen molar-refractivity contribution < 1.29 is 38.2 Å². The Labute approximate surface area is 187 Å². The van der Waals surface area contributed by atoms with Crippen LogP contribution in [0.3, 0.4) is 0 Å². The van der Waals surface area contributed by atoms with Crippen LogP contribution in [0.2, 0.25) is 0 Å². The van der Waals surface area contributed by atoms with E-state index in [0.717, 1.165) is 18.2 Å². The van der Waals surface area contributed by atoms with Gasteiger partial charge in [-0.1, -0.05) is 18.2 Å². The van der Waals surface area contributed by atoms with Crippen molar-refractivity contribution >= 4 is 53.3 Å². The highest BCUT2D eigenvalue weighted by atomic mass is 79.9. The Bertz CT molecular complexity index is 1270. The SMILES string of the molecule is O=C1C(O)=C(O)C(Br)=C/C1=C(/c1cc(O)c(O)c(Br)c1)c1ccccc1S(=O)(=O)O. The molecule has 0 bridgehead atoms. The first-order valence-electron chi connectivity index (χ1n) is 8.01. The van der Waals surface area contributed by atoms with E-state index in [0.29, 0.717) is 0 Å². The topological polar surface area (TPSA) is 152 Å². The number of carbonyl (C=O) groups is 1. The van der Waals surface area contributed by atoms with Crippen molar-refractivity contribution in [1.29, 1.82) is 0 Å². The molecule has 8 nitrogen and oxygen atoms in total. The van der Waals surface area contributed by atoms with Gasteiger partial charge in [0.15, 0.2) is 17.3 Å². The number of aromatic hydroxyl groups is 2. The van der Waals surface area contributed by atoms with Crippen LogP contribution in [-0.2, 0) is 14.9 Å². The van der Waals surface area contributed by atoms with Crippen LogP contribution in [0.5, 0.6) is 11.5 Å². The van der Waals surface area contributed by atoms with E-state index in [-0.39, 0.29) is 31.2 Å². The molecule has 2 aromatic rings. The molecule has 0 heterocycles. The van der Waals surface area contributed by atoms with Gasteiger partial charge in [0.1, 0.15) is 4.90 Å². The summed E-state index contributed by atoms with van der Waals surface area (Å²) in [6.45, 7) is 0. The van der Waals surface area contributed by atoms with Crippen molar-refractivity contribution in [3.05, 3.63) is 79.6 Å². The Balaban J connectivity index is 2.50. The molecule has 0 unspecified atom stereocenters. The van der Waals surface area contributed by atoms with Gasteiger partial charge in [-0.2, -0.15) is 8.42 Å². The number of Topliss-reactive ketones (excluding diaryl/α,β-unsaturated/α-hetero) is 1. The van der Waals surface area contributed by atoms with Gasteiger partial charge in [-0.25, -0.2) is 0 Å². The Kier molecular flexibility index (Phi) is 5.83. The van der Waals surface area contributed by atoms with Crippen LogP contribution >= 0.6 is 31.9 Å². The molecule has 0 atom stereocenters. The number of carbonyl (C=O) groups excluding carboxylic acids is 1. The maximum atomic E-state index is 12.7. The summed E-state index contributed by atoms with van der Waals surface area (Å²) in [5, 5.41) is 39.7. The smallest absolute Gasteiger partial charge is 0.295 e. The van der Waals surface area contributed by atoms with E-state index in [1.165, 1.54) is 24.3 Å². The fraction of sp³-hybridized carbons (Fsp3) is 0. The molecule has 0 saturated heterocycles. The maximum absolute atomic E-state index is 12.7. The minimum atomic E-state index is -4.73. The van der Waals surface area contributed by atoms with Crippen LogP contribution in [0.1, 0.15) is 11.1 Å². The molecule has 0 fully saturated rings. The first-order chi connectivity index (χ1) is 13.9. The average molecular weight is 560 g/mol. The molecule has 0 spiro atoms. The summed E-state index contributed by atoms with van der Waals surface area (Å²) in [5.41, 5.74) is -0.390. The van der Waals surface area contributed by atoms with Gasteiger partial charge in [0, 0.05) is 16.7 Å². The quantitative estimate of drug-likeness (QED) is 0.214. The lowest BCUT2D eigenvalue weighted by Crippen LogP contribution is -2.15. The predicted octanol–water partition coefficient (Wildman–Crippen LogP) is 4.10. The van der Waals surface area contributed by atoms with Crippen molar-refractivity contribution in [2.24, 2.45) is 0 Å². The monoisotopic (exact) mass is 558 g/mol. The zero-order valence-electron chi connectivity index (χ0n) is 14.7. The molecule has 0 radical (unpaired) electrons. The van der Waals surface area contributed by atoms with Crippen molar-refractivity contribution in [2.75, 3.05) is 0 Å². The number of ketones is 1. The Hall–Kier alpha value is -2.60. The number of phenolic OH excluding ortho intramolecular Hbond substituents is 2. The van der Waals surface area contributed by atoms with E-state index in [9.17, 15) is 38.2 Å². The lowest BCUT2D eigenvalue weighted by Gasteiger charge is -2.19. The molecule has 0 saturated carbocycles. The lowest BCUT2D eigenvalue weighted by molar-refractivity contribution is -0.114. The fourth-order valence-electron chi connectivity index (χ4n) is 2.88. The van der Waals surface area contributed by atoms with Gasteiger partial charge in [-0.15, -0.1) is 0 Å². The van der Waals surface area contributed by atoms with E-state index in [4.69, 9.17) is 0 Å². The number of aliphatic hydroxyl groups excluding tert-OH is 2. The first kappa shape index (κ1) is 22.1. The summed E-state index contributed by atoms with van der Waals surface area (Å²) in [7, 11) is -4.73. The molecule has 30 heavy (non-hydrogen) atoms. The van der Waals surface area contributed by atoms with E-state index in [1.54, 1.807) is 0 Å². The molecule has 5 N–H and O–H groups in total. The zero-order chi connectivity index (χ0) is 22.4. The highest BCUT2D eigenvalue weighted by molar-refractivity contribution is 9.12. The van der Waals surface area contributed by atoms with Gasteiger partial charge >= 0.3 is 0 Å². The third-order valence-corrected chi connectivity index (χ3v) is 6.34. The number of aliphatic hydroxyl groups is 2. The van der Waals surface area contributed by atoms with Gasteiger partial charge < -0.3 is 20.4 Å². The number of allylic oxidation sites excluding steroid dienone is 3. The van der Waals surface area contributed by atoms with Crippen LogP contribution in [0.25, 0.3) is 5.57 Å². The standard InChI is InChI=1S/C19H12Br2O8S/c20-11-5-8(6-13(22)17(11)24)15(9-3-1-2-4-14(9)30(27,28)29)10-7-12(21)18(25)19(26)16(10)23/h1-7,22,24-26H,(H,27,28,29)/b15-10+. The number of rotatable bonds is 3. The largest absolute Gasteiger partial charge is 0.504 e. The average Bonchev–Trinajstić information content (AvgIpc) is 2.68. The second-order valence-electron chi connectivity index (χ2n) is 6.10. The number of phenols is 2. The lowest BCUT2D eigenvalue weighted by atomic mass is 9.88. The van der Waals surface area contributed by atoms with Gasteiger partial charge in [-0.05, 0) is 61.7 Å². The van der Waals surface area contributed by atoms with Crippen molar-refractivity contribution in [3.63, 3.8) is 0 Å². The molecule has 0 aliphatic heterocycles. The Morgan fingerprint density at radius 1 is 0.933 bits per heavy atom. The molecule has 156 valence electrons. The highest BCUT2D eigenvalue weighted by Crippen LogP contribution is 2.42. The van der Waals surface area contributed by atoms with Gasteiger partial charge in [-0.3, -0.25) is 9.35 Å². The first-order valence-corrected chi connectivity index (χ1v) is 11.0. The van der Waals surface area contributed by atoms with E-state index < -0.39 is 43.8 Å². The molecule has 11 heteroatoms. The second-order valence-corrected chi connectivity index (χ2v) is 9.20. The van der Waals surface area contributed by atoms with Crippen molar-refractivity contribution in [2.45, 2.75) is 4.90 Å². The molecular weight excluding hydrogens is 548 g/mol. The zero-order valence-corrected chi connectivity index (χ0v) is 18.7. The van der Waals surface area contributed by atoms with Crippen LogP contribution < -0.4 is 0 Å². The van der Waals surface area contributed by atoms with Crippen LogP contribution in [0.15, 0.2) is 73.4 Å². The maximum Gasteiger partial charge on any atom is 0.295 e. The molecule has 1 aliphatic carbocycles. The summed E-state index contributed by atoms with van der Waals surface area (Å²) in [6.07, 6.45) is 1.16. The minimum Gasteiger partial charge on any atom is -0.504 e.